The third kappa shape index (κ3) is 3.51. The van der Waals surface area contributed by atoms with Gasteiger partial charge in [0.25, 0.3) is 5.91 Å². The summed E-state index contributed by atoms with van der Waals surface area (Å²) in [6.45, 7) is 1.06. The lowest BCUT2D eigenvalue weighted by molar-refractivity contribution is -0.202. The van der Waals surface area contributed by atoms with Crippen LogP contribution in [-0.2, 0) is 22.4 Å². The third-order valence-electron chi connectivity index (χ3n) is 6.63. The maximum absolute atomic E-state index is 13.4. The SMILES string of the molecule is O=C(c1ccc2c(Cl)c3c(nc2c1)CCCC3)N1CCNCC12CC2OC(=O)C(F)(F)F. The fourth-order valence-electron chi connectivity index (χ4n) is 4.85. The number of fused-ring (bicyclic) bond motifs is 2. The van der Waals surface area contributed by atoms with Crippen LogP contribution in [0.15, 0.2) is 18.2 Å². The van der Waals surface area contributed by atoms with Crippen molar-refractivity contribution in [1.29, 1.82) is 0 Å². The summed E-state index contributed by atoms with van der Waals surface area (Å²) in [5.74, 6) is -2.55. The maximum atomic E-state index is 13.4. The van der Waals surface area contributed by atoms with Gasteiger partial charge >= 0.3 is 12.1 Å². The Hall–Kier alpha value is -2.39. The number of carbonyl (C=O) groups is 2. The summed E-state index contributed by atoms with van der Waals surface area (Å²) in [5, 5.41) is 4.54. The summed E-state index contributed by atoms with van der Waals surface area (Å²) >= 11 is 6.62. The minimum absolute atomic E-state index is 0.165. The van der Waals surface area contributed by atoms with Crippen LogP contribution >= 0.6 is 11.6 Å². The molecule has 1 aliphatic heterocycles. The molecular weight excluding hydrogens is 447 g/mol. The summed E-state index contributed by atoms with van der Waals surface area (Å²) in [4.78, 5) is 30.9. The van der Waals surface area contributed by atoms with Gasteiger partial charge in [-0.2, -0.15) is 13.2 Å². The highest BCUT2D eigenvalue weighted by atomic mass is 35.5. The van der Waals surface area contributed by atoms with Crippen molar-refractivity contribution in [2.24, 2.45) is 0 Å². The predicted molar refractivity (Wildman–Crippen MR) is 111 cm³/mol. The molecule has 10 heteroatoms. The highest BCUT2D eigenvalue weighted by Gasteiger charge is 2.64. The van der Waals surface area contributed by atoms with Gasteiger partial charge in [0.15, 0.2) is 0 Å². The molecule has 1 saturated carbocycles. The Morgan fingerprint density at radius 3 is 2.81 bits per heavy atom. The fraction of sp³-hybridized carbons (Fsp3) is 0.500. The molecule has 1 amide bonds. The van der Waals surface area contributed by atoms with Gasteiger partial charge in [-0.15, -0.1) is 0 Å². The van der Waals surface area contributed by atoms with E-state index in [1.807, 2.05) is 0 Å². The van der Waals surface area contributed by atoms with Gasteiger partial charge < -0.3 is 15.0 Å². The van der Waals surface area contributed by atoms with E-state index in [1.165, 1.54) is 4.90 Å². The smallest absolute Gasteiger partial charge is 0.453 e. The highest BCUT2D eigenvalue weighted by Crippen LogP contribution is 2.47. The summed E-state index contributed by atoms with van der Waals surface area (Å²) in [5.41, 5.74) is 2.06. The third-order valence-corrected chi connectivity index (χ3v) is 7.06. The lowest BCUT2D eigenvalue weighted by Crippen LogP contribution is -2.57. The minimum Gasteiger partial charge on any atom is -0.453 e. The molecule has 170 valence electrons. The molecule has 6 nitrogen and oxygen atoms in total. The highest BCUT2D eigenvalue weighted by molar-refractivity contribution is 6.36. The van der Waals surface area contributed by atoms with E-state index in [0.29, 0.717) is 29.2 Å². The Bertz CT molecular complexity index is 1120. The number of benzene rings is 1. The Kier molecular flexibility index (Phi) is 5.09. The first-order valence-corrected chi connectivity index (χ1v) is 11.0. The number of carbonyl (C=O) groups excluding carboxylic acids is 2. The van der Waals surface area contributed by atoms with Gasteiger partial charge in [0, 0.05) is 42.7 Å². The number of rotatable bonds is 2. The molecule has 2 heterocycles. The molecule has 2 aromatic rings. The lowest BCUT2D eigenvalue weighted by Gasteiger charge is -2.37. The molecule has 0 radical (unpaired) electrons. The second kappa shape index (κ2) is 7.59. The minimum atomic E-state index is -5.07. The van der Waals surface area contributed by atoms with E-state index in [1.54, 1.807) is 18.2 Å². The molecule has 32 heavy (non-hydrogen) atoms. The second-order valence-electron chi connectivity index (χ2n) is 8.62. The fourth-order valence-corrected chi connectivity index (χ4v) is 5.22. The van der Waals surface area contributed by atoms with Crippen molar-refractivity contribution in [3.8, 4) is 0 Å². The van der Waals surface area contributed by atoms with Gasteiger partial charge in [0.2, 0.25) is 0 Å². The molecule has 5 rings (SSSR count). The first-order chi connectivity index (χ1) is 15.2. The quantitative estimate of drug-likeness (QED) is 0.685. The van der Waals surface area contributed by atoms with E-state index in [2.05, 4.69) is 10.1 Å². The molecule has 0 bridgehead atoms. The van der Waals surface area contributed by atoms with Crippen LogP contribution in [0.25, 0.3) is 10.9 Å². The van der Waals surface area contributed by atoms with Gasteiger partial charge in [-0.25, -0.2) is 4.79 Å². The number of esters is 1. The molecule has 2 aliphatic carbocycles. The molecular formula is C22H21ClF3N3O3. The summed E-state index contributed by atoms with van der Waals surface area (Å²) in [6.07, 6.45) is -2.05. The number of alkyl halides is 3. The van der Waals surface area contributed by atoms with Gasteiger partial charge in [0.1, 0.15) is 6.10 Å². The predicted octanol–water partition coefficient (Wildman–Crippen LogP) is 3.43. The van der Waals surface area contributed by atoms with E-state index < -0.39 is 23.8 Å². The summed E-state index contributed by atoms with van der Waals surface area (Å²) < 4.78 is 42.5. The van der Waals surface area contributed by atoms with Crippen molar-refractivity contribution in [2.45, 2.75) is 49.9 Å². The molecule has 2 fully saturated rings. The number of piperazine rings is 1. The van der Waals surface area contributed by atoms with E-state index in [-0.39, 0.29) is 18.9 Å². The van der Waals surface area contributed by atoms with Gasteiger partial charge in [0.05, 0.1) is 16.1 Å². The molecule has 2 unspecified atom stereocenters. The Labute approximate surface area is 187 Å². The normalized spacial score (nSPS) is 25.0. The van der Waals surface area contributed by atoms with Crippen molar-refractivity contribution in [2.75, 3.05) is 19.6 Å². The Morgan fingerprint density at radius 1 is 1.25 bits per heavy atom. The first kappa shape index (κ1) is 21.5. The number of pyridine rings is 1. The zero-order valence-corrected chi connectivity index (χ0v) is 17.9. The maximum Gasteiger partial charge on any atom is 0.490 e. The summed E-state index contributed by atoms with van der Waals surface area (Å²) in [7, 11) is 0. The topological polar surface area (TPSA) is 71.5 Å². The number of ether oxygens (including phenoxy) is 1. The largest absolute Gasteiger partial charge is 0.490 e. The standard InChI is InChI=1S/C22H21ClF3N3O3/c23-18-13-3-1-2-4-15(13)28-16-9-12(5-6-14(16)18)19(30)29-8-7-27-11-21(29)10-17(21)32-20(31)22(24,25)26/h5-6,9,17,27H,1-4,7-8,10-11H2. The first-order valence-electron chi connectivity index (χ1n) is 10.6. The molecule has 1 spiro atoms. The van der Waals surface area contributed by atoms with Crippen LogP contribution in [0.4, 0.5) is 13.2 Å². The van der Waals surface area contributed by atoms with Crippen molar-refractivity contribution in [3.05, 3.63) is 40.0 Å². The zero-order chi connectivity index (χ0) is 22.7. The number of amides is 1. The molecule has 1 saturated heterocycles. The Morgan fingerprint density at radius 2 is 2.03 bits per heavy atom. The average Bonchev–Trinajstić information content (AvgIpc) is 3.44. The molecule has 2 atom stereocenters. The monoisotopic (exact) mass is 467 g/mol. The number of hydrogen-bond donors (Lipinski definition) is 1. The van der Waals surface area contributed by atoms with Crippen molar-refractivity contribution < 1.29 is 27.5 Å². The van der Waals surface area contributed by atoms with E-state index in [0.717, 1.165) is 42.3 Å². The second-order valence-corrected chi connectivity index (χ2v) is 9.00. The Balaban J connectivity index is 1.43. The number of halogens is 4. The number of nitrogens with zero attached hydrogens (tertiary/aromatic N) is 2. The molecule has 1 N–H and O–H groups in total. The van der Waals surface area contributed by atoms with Gasteiger partial charge in [-0.05, 0) is 43.4 Å². The molecule has 1 aromatic carbocycles. The van der Waals surface area contributed by atoms with E-state index in [9.17, 15) is 22.8 Å². The molecule has 1 aromatic heterocycles. The van der Waals surface area contributed by atoms with Gasteiger partial charge in [-0.1, -0.05) is 17.7 Å². The average molecular weight is 468 g/mol. The van der Waals surface area contributed by atoms with Crippen LogP contribution in [0.1, 0.15) is 40.9 Å². The molecule has 3 aliphatic rings. The summed E-state index contributed by atoms with van der Waals surface area (Å²) in [6, 6.07) is 5.13. The van der Waals surface area contributed by atoms with Crippen LogP contribution in [0.5, 0.6) is 0 Å². The van der Waals surface area contributed by atoms with E-state index in [4.69, 9.17) is 16.6 Å². The number of aromatic nitrogens is 1. The van der Waals surface area contributed by atoms with Crippen LogP contribution < -0.4 is 5.32 Å². The van der Waals surface area contributed by atoms with Crippen LogP contribution in [0.3, 0.4) is 0 Å². The number of aryl methyl sites for hydroxylation is 1. The lowest BCUT2D eigenvalue weighted by atomic mass is 9.94. The van der Waals surface area contributed by atoms with Crippen molar-refractivity contribution in [1.82, 2.24) is 15.2 Å². The van der Waals surface area contributed by atoms with E-state index >= 15 is 0 Å². The number of nitrogens with one attached hydrogen (secondary N) is 1. The van der Waals surface area contributed by atoms with Gasteiger partial charge in [-0.3, -0.25) is 9.78 Å². The van der Waals surface area contributed by atoms with Crippen LogP contribution in [0.2, 0.25) is 5.02 Å². The van der Waals surface area contributed by atoms with Crippen molar-refractivity contribution >= 4 is 34.4 Å². The van der Waals surface area contributed by atoms with Crippen LogP contribution in [0, 0.1) is 0 Å². The number of hydrogen-bond acceptors (Lipinski definition) is 5. The van der Waals surface area contributed by atoms with Crippen molar-refractivity contribution in [3.63, 3.8) is 0 Å². The zero-order valence-electron chi connectivity index (χ0n) is 17.1. The van der Waals surface area contributed by atoms with Crippen LogP contribution in [-0.4, -0.2) is 59.2 Å².